The van der Waals surface area contributed by atoms with Crippen molar-refractivity contribution in [3.63, 3.8) is 0 Å². The number of likely N-dealkylation sites (N-methyl/N-ethyl adjacent to an activating group) is 2. The predicted molar refractivity (Wildman–Crippen MR) is 380 cm³/mol. The van der Waals surface area contributed by atoms with Crippen LogP contribution in [0.4, 0.5) is 4.79 Å². The zero-order valence-electron chi connectivity index (χ0n) is 61.3. The number of carbonyl (C=O) groups excluding carboxylic acids is 1. The van der Waals surface area contributed by atoms with E-state index in [9.17, 15) is 9.59 Å². The van der Waals surface area contributed by atoms with Crippen LogP contribution in [0.3, 0.4) is 0 Å². The highest BCUT2D eigenvalue weighted by atomic mass is 16.6. The lowest BCUT2D eigenvalue weighted by Crippen LogP contribution is -2.31. The molecule has 0 aliphatic carbocycles. The minimum absolute atomic E-state index is 0.0185. The Kier molecular flexibility index (Phi) is 41.9. The topological polar surface area (TPSA) is 275 Å². The Labute approximate surface area is 570 Å². The van der Waals surface area contributed by atoms with Crippen LogP contribution >= 0.6 is 0 Å². The maximum absolute atomic E-state index is 10.8. The number of imidazole rings is 1. The van der Waals surface area contributed by atoms with Crippen molar-refractivity contribution in [2.75, 3.05) is 40.4 Å². The molecule has 1 unspecified atom stereocenters. The second kappa shape index (κ2) is 47.9. The first-order valence-electron chi connectivity index (χ1n) is 31.3. The third-order valence-corrected chi connectivity index (χ3v) is 12.5. The van der Waals surface area contributed by atoms with Crippen LogP contribution in [0.2, 0.25) is 0 Å². The molecule has 12 rings (SSSR count). The summed E-state index contributed by atoms with van der Waals surface area (Å²) in [5.74, 6) is 3.22. The van der Waals surface area contributed by atoms with Gasteiger partial charge in [0, 0.05) is 151 Å². The fraction of sp³-hybridized carbons (Fsp3) is 0.417. The number of carbonyl (C=O) groups is 1. The molecule has 2 atom stereocenters. The molecule has 516 valence electrons. The Morgan fingerprint density at radius 3 is 1.09 bits per heavy atom. The van der Waals surface area contributed by atoms with Crippen LogP contribution in [0.15, 0.2) is 140 Å². The highest BCUT2D eigenvalue weighted by Crippen LogP contribution is 2.05. The molecule has 2 fully saturated rings. The van der Waals surface area contributed by atoms with Crippen LogP contribution in [0.5, 0.6) is 0 Å². The van der Waals surface area contributed by atoms with E-state index >= 15 is 0 Å². The van der Waals surface area contributed by atoms with Gasteiger partial charge in [-0.15, -0.1) is 0 Å². The van der Waals surface area contributed by atoms with Crippen molar-refractivity contribution in [2.45, 2.75) is 151 Å². The Hall–Kier alpha value is -9.94. The number of pyridine rings is 3. The number of aromatic nitrogens is 18. The molecule has 2 saturated heterocycles. The van der Waals surface area contributed by atoms with Gasteiger partial charge in [0.1, 0.15) is 29.6 Å². The SMILES string of the molecule is CC1CO[C@@H](C)CO1.CN1CCN(C)C1=O.Cc1ccc(C)nc1.Cc1cccnc1C.Cc1ccnc(C)c1.Cc1ccnc(C)n1.Cc1cnc(C)cn1.Cc1cnc(C)cn1.Cc1cnc(C)nc1.Cc1cncc(C)n1.Cc1ncnc(C)n1.Cn1ccn(C)c1=O. The number of hydrogen-bond donors (Lipinski definition) is 0. The molecular weight excluding hydrogens is 1210 g/mol. The van der Waals surface area contributed by atoms with E-state index in [1.165, 1.54) is 32.2 Å². The molecule has 24 heteroatoms. The van der Waals surface area contributed by atoms with Crippen molar-refractivity contribution in [1.82, 2.24) is 98.7 Å². The molecule has 12 heterocycles. The van der Waals surface area contributed by atoms with E-state index in [1.807, 2.05) is 194 Å². The Morgan fingerprint density at radius 1 is 0.375 bits per heavy atom. The van der Waals surface area contributed by atoms with Crippen LogP contribution in [-0.4, -0.2) is 157 Å². The number of nitrogens with zero attached hydrogens (tertiary/aromatic N) is 20. The van der Waals surface area contributed by atoms with E-state index in [0.29, 0.717) is 12.2 Å². The number of rotatable bonds is 0. The molecule has 10 aromatic rings. The molecule has 2 aliphatic rings. The molecule has 0 aromatic carbocycles. The summed E-state index contributed by atoms with van der Waals surface area (Å²) >= 11 is 0. The van der Waals surface area contributed by atoms with Gasteiger partial charge in [-0.2, -0.15) is 0 Å². The number of urea groups is 1. The molecular formula is C72H104N20O4. The number of aryl methyl sites for hydroxylation is 20. The first kappa shape index (κ1) is 84.1. The molecule has 2 aliphatic heterocycles. The van der Waals surface area contributed by atoms with Gasteiger partial charge in [0.25, 0.3) is 0 Å². The van der Waals surface area contributed by atoms with E-state index in [4.69, 9.17) is 9.47 Å². The zero-order chi connectivity index (χ0) is 72.1. The van der Waals surface area contributed by atoms with Gasteiger partial charge in [0.15, 0.2) is 0 Å². The van der Waals surface area contributed by atoms with E-state index in [0.717, 1.165) is 112 Å². The summed E-state index contributed by atoms with van der Waals surface area (Å²) in [5, 5.41) is 0. The van der Waals surface area contributed by atoms with Crippen molar-refractivity contribution in [3.8, 4) is 0 Å². The number of amides is 2. The largest absolute Gasteiger partial charge is 0.373 e. The van der Waals surface area contributed by atoms with Crippen LogP contribution in [0.1, 0.15) is 116 Å². The normalized spacial score (nSPS) is 12.8. The molecule has 0 bridgehead atoms. The van der Waals surface area contributed by atoms with Crippen molar-refractivity contribution >= 4 is 6.03 Å². The number of hydrogen-bond acceptors (Lipinski definition) is 20. The summed E-state index contributed by atoms with van der Waals surface area (Å²) in [6, 6.07) is 14.1. The van der Waals surface area contributed by atoms with Gasteiger partial charge in [0.05, 0.1) is 59.6 Å². The molecule has 2 amide bonds. The summed E-state index contributed by atoms with van der Waals surface area (Å²) < 4.78 is 13.6. The molecule has 0 radical (unpaired) electrons. The highest BCUT2D eigenvalue weighted by Gasteiger charge is 2.20. The van der Waals surface area contributed by atoms with E-state index in [1.54, 1.807) is 79.7 Å². The third-order valence-electron chi connectivity index (χ3n) is 12.5. The lowest BCUT2D eigenvalue weighted by Gasteiger charge is -2.24. The Balaban J connectivity index is 0.000000524. The summed E-state index contributed by atoms with van der Waals surface area (Å²) in [7, 11) is 7.07. The van der Waals surface area contributed by atoms with Crippen molar-refractivity contribution in [1.29, 1.82) is 0 Å². The maximum atomic E-state index is 10.8. The molecule has 0 N–H and O–H groups in total. The standard InChI is InChI=1S/3C7H9N.5C6H8N2.C6H12O2.C5H7N3.C5H10N2O.C5H8N2O/c1-6-3-4-8-7(2)5-6;1-6-3-4-7(2)8-5-6;1-6-4-3-5-8-7(6)2;2*1-5-3-8-6(2)4-7-5;1-5-3-7-4-6(2)8-5;1-5-3-7-6(2)8-4-5;1-5-3-4-7-6(2)8-5;1-5-3-8-6(2)4-7-5;1-4-6-3-7-5(2)8-4;2*1-6-3-4-7(2)5(6)8/h3*3-5H,1-2H3;5*3-4H,1-2H3;5-6H,3-4H2,1-2H3;3H,1-2H3;3-4H2,1-2H3;3-4H,1-2H3/t;;;;;;;;5-,6?;;;/m........0.../s1. The smallest absolute Gasteiger partial charge is 0.327 e. The summed E-state index contributed by atoms with van der Waals surface area (Å²) in [6.07, 6.45) is 27.0. The van der Waals surface area contributed by atoms with Gasteiger partial charge in [-0.05, 0) is 191 Å². The minimum Gasteiger partial charge on any atom is -0.373 e. The molecule has 24 nitrogen and oxygen atoms in total. The van der Waals surface area contributed by atoms with Gasteiger partial charge in [0.2, 0.25) is 0 Å². The fourth-order valence-electron chi connectivity index (χ4n) is 6.87. The maximum Gasteiger partial charge on any atom is 0.327 e. The lowest BCUT2D eigenvalue weighted by atomic mass is 10.2. The first-order valence-corrected chi connectivity index (χ1v) is 31.3. The van der Waals surface area contributed by atoms with Gasteiger partial charge in [-0.3, -0.25) is 44.9 Å². The molecule has 10 aromatic heterocycles. The lowest BCUT2D eigenvalue weighted by molar-refractivity contribution is -0.119. The van der Waals surface area contributed by atoms with E-state index in [2.05, 4.69) is 112 Å². The van der Waals surface area contributed by atoms with Crippen LogP contribution in [-0.2, 0) is 23.6 Å². The molecule has 0 spiro atoms. The predicted octanol–water partition coefficient (Wildman–Crippen LogP) is 11.6. The number of ether oxygens (including phenoxy) is 2. The van der Waals surface area contributed by atoms with Gasteiger partial charge >= 0.3 is 11.7 Å². The van der Waals surface area contributed by atoms with E-state index < -0.39 is 0 Å². The third kappa shape index (κ3) is 42.3. The quantitative estimate of drug-likeness (QED) is 0.136. The second-order valence-electron chi connectivity index (χ2n) is 22.6. The van der Waals surface area contributed by atoms with E-state index in [-0.39, 0.29) is 11.7 Å². The summed E-state index contributed by atoms with van der Waals surface area (Å²) in [5.41, 5.74) is 15.0. The monoisotopic (exact) mass is 1310 g/mol. The minimum atomic E-state index is 0.0185. The Morgan fingerprint density at radius 2 is 0.833 bits per heavy atom. The summed E-state index contributed by atoms with van der Waals surface area (Å²) in [4.78, 5) is 88.7. The van der Waals surface area contributed by atoms with Crippen molar-refractivity contribution < 1.29 is 14.3 Å². The first-order chi connectivity index (χ1) is 45.3. The highest BCUT2D eigenvalue weighted by molar-refractivity contribution is 5.75. The van der Waals surface area contributed by atoms with Gasteiger partial charge in [-0.25, -0.2) is 44.5 Å². The summed E-state index contributed by atoms with van der Waals surface area (Å²) in [6.45, 7) is 42.3. The van der Waals surface area contributed by atoms with Crippen molar-refractivity contribution in [3.05, 3.63) is 249 Å². The van der Waals surface area contributed by atoms with Crippen LogP contribution in [0, 0.1) is 125 Å². The second-order valence-corrected chi connectivity index (χ2v) is 22.6. The van der Waals surface area contributed by atoms with Crippen LogP contribution < -0.4 is 5.69 Å². The Bertz CT molecular complexity index is 3180. The van der Waals surface area contributed by atoms with Gasteiger partial charge in [-0.1, -0.05) is 12.1 Å². The average Bonchev–Trinajstić information content (AvgIpc) is 2.14. The average molecular weight is 1310 g/mol. The van der Waals surface area contributed by atoms with Crippen molar-refractivity contribution in [2.24, 2.45) is 14.1 Å². The fourth-order valence-corrected chi connectivity index (χ4v) is 6.87. The van der Waals surface area contributed by atoms with Crippen LogP contribution in [0.25, 0.3) is 0 Å². The molecule has 0 saturated carbocycles. The molecule has 96 heavy (non-hydrogen) atoms. The zero-order valence-corrected chi connectivity index (χ0v) is 61.3. The van der Waals surface area contributed by atoms with Gasteiger partial charge < -0.3 is 28.4 Å².